The smallest absolute Gasteiger partial charge is 0.411 e. The number of carboxylic acid groups (broad SMARTS) is 1. The van der Waals surface area contributed by atoms with E-state index in [1.807, 2.05) is 12.1 Å². The van der Waals surface area contributed by atoms with Gasteiger partial charge in [-0.2, -0.15) is 13.2 Å². The molecular formula is C41H54F3N5O10S. The summed E-state index contributed by atoms with van der Waals surface area (Å²) in [5, 5.41) is 25.6. The van der Waals surface area contributed by atoms with Gasteiger partial charge in [0, 0.05) is 17.2 Å². The Bertz CT molecular complexity index is 2150. The highest BCUT2D eigenvalue weighted by molar-refractivity contribution is 7.91. The molecule has 2 aromatic rings. The number of benzene rings is 1. The van der Waals surface area contributed by atoms with E-state index in [1.165, 1.54) is 20.0 Å². The van der Waals surface area contributed by atoms with E-state index in [0.29, 0.717) is 49.6 Å². The lowest BCUT2D eigenvalue weighted by atomic mass is 9.84. The van der Waals surface area contributed by atoms with Crippen LogP contribution in [0, 0.1) is 17.8 Å². The van der Waals surface area contributed by atoms with Crippen LogP contribution in [0.15, 0.2) is 30.5 Å². The van der Waals surface area contributed by atoms with Crippen LogP contribution in [-0.2, 0) is 24.4 Å². The minimum atomic E-state index is -5.12. The fourth-order valence-electron chi connectivity index (χ4n) is 8.84. The van der Waals surface area contributed by atoms with Crippen LogP contribution in [0.2, 0.25) is 0 Å². The first-order valence-electron chi connectivity index (χ1n) is 20.7. The highest BCUT2D eigenvalue weighted by Crippen LogP contribution is 2.50. The molecule has 8 atom stereocenters. The van der Waals surface area contributed by atoms with Gasteiger partial charge < -0.3 is 29.9 Å². The van der Waals surface area contributed by atoms with Crippen molar-refractivity contribution < 1.29 is 60.5 Å². The summed E-state index contributed by atoms with van der Waals surface area (Å²) in [5.41, 5.74) is -4.87. The zero-order chi connectivity index (χ0) is 43.7. The largest absolute Gasteiger partial charge is 0.488 e. The fourth-order valence-corrected chi connectivity index (χ4v) is 10.2. The van der Waals surface area contributed by atoms with Crippen LogP contribution >= 0.6 is 0 Å². The van der Waals surface area contributed by atoms with Gasteiger partial charge in [-0.05, 0) is 102 Å². The highest BCUT2D eigenvalue weighted by atomic mass is 32.2. The molecule has 1 aromatic carbocycles. The third kappa shape index (κ3) is 8.31. The molecule has 3 saturated carbocycles. The van der Waals surface area contributed by atoms with E-state index in [1.54, 1.807) is 19.1 Å². The summed E-state index contributed by atoms with van der Waals surface area (Å²) in [6, 6.07) is 3.70. The topological polar surface area (TPSA) is 205 Å². The van der Waals surface area contributed by atoms with Crippen LogP contribution in [-0.4, -0.2) is 116 Å². The van der Waals surface area contributed by atoms with E-state index in [-0.39, 0.29) is 61.5 Å². The number of rotatable bonds is 9. The summed E-state index contributed by atoms with van der Waals surface area (Å²) in [5.74, 6) is -4.34. The number of fused-ring (bicyclic) bond motifs is 3. The van der Waals surface area contributed by atoms with Gasteiger partial charge in [-0.25, -0.2) is 18.2 Å². The molecule has 330 valence electrons. The van der Waals surface area contributed by atoms with Gasteiger partial charge >= 0.3 is 12.3 Å². The molecular weight excluding hydrogens is 812 g/mol. The summed E-state index contributed by atoms with van der Waals surface area (Å²) in [6.07, 6.45) is -4.73. The molecule has 15 nitrogen and oxygen atoms in total. The molecule has 1 unspecified atom stereocenters. The van der Waals surface area contributed by atoms with E-state index in [2.05, 4.69) is 15.0 Å². The number of aliphatic hydroxyl groups excluding tert-OH is 1. The lowest BCUT2D eigenvalue weighted by Gasteiger charge is -2.45. The second kappa shape index (κ2) is 15.5. The Balaban J connectivity index is 1.28. The summed E-state index contributed by atoms with van der Waals surface area (Å²) in [7, 11) is -4.17. The Labute approximate surface area is 346 Å². The van der Waals surface area contributed by atoms with E-state index < -0.39 is 92.0 Å². The van der Waals surface area contributed by atoms with Crippen LogP contribution in [0.3, 0.4) is 0 Å². The molecule has 60 heavy (non-hydrogen) atoms. The Morgan fingerprint density at radius 1 is 1.00 bits per heavy atom. The minimum Gasteiger partial charge on any atom is -0.488 e. The number of aliphatic hydroxyl groups is 1. The van der Waals surface area contributed by atoms with E-state index in [9.17, 15) is 46.2 Å². The number of carbonyl (C=O) groups is 4. The highest BCUT2D eigenvalue weighted by Gasteiger charge is 2.65. The average molecular weight is 866 g/mol. The third-order valence-electron chi connectivity index (χ3n) is 13.2. The molecule has 5 fully saturated rings. The monoisotopic (exact) mass is 865 g/mol. The maximum Gasteiger partial charge on any atom is 0.411 e. The molecule has 7 rings (SSSR count). The molecule has 4 amide bonds. The molecule has 19 heteroatoms. The Morgan fingerprint density at radius 2 is 1.67 bits per heavy atom. The standard InChI is InChI=1S/C41H54F3N5O10S/c1-22-10-11-25(50)17-24-19-40(24,36(53)47-60(56,57)39(5)14-15-39)46-33(51)30-18-27(59-34-29-9-7-6-8-28(29)31(20-45-34)58-26-12-13-26)21-48(30)35(52)32(23(2)16-22)49(37(54)55)38(3,4)41(42,43)44/h6-9,20,22-27,30,32,50H,10-19,21H2,1-5H3,(H,46,51)(H,47,53)(H,54,55)/t22-,23-,24-,25?,27-,30+,32+,40-/m1/s1. The first-order chi connectivity index (χ1) is 28.0. The maximum absolute atomic E-state index is 15.1. The average Bonchev–Trinajstić information content (AvgIpc) is 4.12. The third-order valence-corrected chi connectivity index (χ3v) is 15.4. The molecule has 2 saturated heterocycles. The van der Waals surface area contributed by atoms with Gasteiger partial charge in [-0.15, -0.1) is 0 Å². The number of amides is 4. The predicted octanol–water partition coefficient (Wildman–Crippen LogP) is 4.89. The van der Waals surface area contributed by atoms with E-state index in [4.69, 9.17) is 9.47 Å². The minimum absolute atomic E-state index is 0.0264. The quantitative estimate of drug-likeness (QED) is 0.267. The second-order valence-corrected chi connectivity index (χ2v) is 20.7. The van der Waals surface area contributed by atoms with Crippen molar-refractivity contribution in [3.8, 4) is 11.6 Å². The van der Waals surface area contributed by atoms with Gasteiger partial charge in [0.05, 0.1) is 29.7 Å². The number of ether oxygens (including phenoxy) is 2. The zero-order valence-corrected chi connectivity index (χ0v) is 35.1. The van der Waals surface area contributed by atoms with Gasteiger partial charge in [-0.3, -0.25) is 24.0 Å². The lowest BCUT2D eigenvalue weighted by Crippen LogP contribution is -2.66. The van der Waals surface area contributed by atoms with Gasteiger partial charge in [-0.1, -0.05) is 32.0 Å². The normalized spacial score (nSPS) is 31.1. The number of alkyl halides is 3. The number of hydrogen-bond donors (Lipinski definition) is 4. The zero-order valence-electron chi connectivity index (χ0n) is 34.3. The molecule has 4 N–H and O–H groups in total. The molecule has 3 heterocycles. The van der Waals surface area contributed by atoms with Crippen molar-refractivity contribution in [2.45, 2.75) is 151 Å². The summed E-state index contributed by atoms with van der Waals surface area (Å²) < 4.78 is 84.2. The number of nitrogens with one attached hydrogen (secondary N) is 2. The summed E-state index contributed by atoms with van der Waals surface area (Å²) in [6.45, 7) is 5.75. The van der Waals surface area contributed by atoms with Gasteiger partial charge in [0.1, 0.15) is 35.0 Å². The fraction of sp³-hybridized carbons (Fsp3) is 0.683. The Morgan fingerprint density at radius 3 is 2.28 bits per heavy atom. The molecule has 0 radical (unpaired) electrons. The Kier molecular flexibility index (Phi) is 11.3. The number of carbonyl (C=O) groups excluding carboxylic acids is 3. The van der Waals surface area contributed by atoms with Crippen LogP contribution < -0.4 is 19.5 Å². The molecule has 5 aliphatic rings. The van der Waals surface area contributed by atoms with Crippen molar-refractivity contribution in [2.24, 2.45) is 17.8 Å². The van der Waals surface area contributed by atoms with Crippen LogP contribution in [0.1, 0.15) is 98.8 Å². The van der Waals surface area contributed by atoms with Gasteiger partial charge in [0.15, 0.2) is 0 Å². The molecule has 0 bridgehead atoms. The van der Waals surface area contributed by atoms with E-state index >= 15 is 4.79 Å². The van der Waals surface area contributed by atoms with Crippen molar-refractivity contribution in [1.29, 1.82) is 0 Å². The Hall–Kier alpha value is -4.39. The van der Waals surface area contributed by atoms with Crippen molar-refractivity contribution in [3.05, 3.63) is 30.5 Å². The van der Waals surface area contributed by atoms with Crippen LogP contribution in [0.5, 0.6) is 11.6 Å². The van der Waals surface area contributed by atoms with E-state index in [0.717, 1.165) is 17.7 Å². The summed E-state index contributed by atoms with van der Waals surface area (Å²) in [4.78, 5) is 62.3. The van der Waals surface area contributed by atoms with Gasteiger partial charge in [0.25, 0.3) is 5.91 Å². The van der Waals surface area contributed by atoms with Crippen molar-refractivity contribution in [2.75, 3.05) is 6.54 Å². The van der Waals surface area contributed by atoms with Crippen LogP contribution in [0.25, 0.3) is 10.8 Å². The number of hydrogen-bond acceptors (Lipinski definition) is 10. The molecule has 2 aliphatic heterocycles. The molecule has 1 aromatic heterocycles. The number of sulfonamides is 1. The first-order valence-corrected chi connectivity index (χ1v) is 22.1. The SMILES string of the molecule is C[C@@H]1CCC(O)C[C@@H]2C[C@@]2(C(=O)NS(=O)(=O)C2(C)CC2)NC(=O)[C@@H]2C[C@@H](Oc3ncc(OC4CC4)c4ccccc34)CN2C(=O)[C@@H](N(C(=O)O)C(C)(C)C(F)(F)F)[C@H](C)C1. The number of aromatic nitrogens is 1. The summed E-state index contributed by atoms with van der Waals surface area (Å²) >= 11 is 0. The number of halogens is 3. The first kappa shape index (κ1) is 43.7. The lowest BCUT2D eigenvalue weighted by molar-refractivity contribution is -0.222. The predicted molar refractivity (Wildman–Crippen MR) is 210 cm³/mol. The second-order valence-electron chi connectivity index (χ2n) is 18.5. The molecule has 3 aliphatic carbocycles. The maximum atomic E-state index is 15.1. The number of pyridine rings is 1. The number of nitrogens with zero attached hydrogens (tertiary/aromatic N) is 3. The van der Waals surface area contributed by atoms with Crippen molar-refractivity contribution in [3.63, 3.8) is 0 Å². The van der Waals surface area contributed by atoms with Gasteiger partial charge in [0.2, 0.25) is 27.7 Å². The van der Waals surface area contributed by atoms with Crippen molar-refractivity contribution in [1.82, 2.24) is 24.8 Å². The molecule has 0 spiro atoms. The van der Waals surface area contributed by atoms with Crippen LogP contribution in [0.4, 0.5) is 18.0 Å². The van der Waals surface area contributed by atoms with Crippen molar-refractivity contribution >= 4 is 44.6 Å².